The number of ether oxygens (including phenoxy) is 1. The maximum Gasteiger partial charge on any atom is 0.255 e. The number of aryl methyl sites for hydroxylation is 1. The smallest absolute Gasteiger partial charge is 0.255 e. The third-order valence-electron chi connectivity index (χ3n) is 4.51. The van der Waals surface area contributed by atoms with Crippen LogP contribution in [0.4, 0.5) is 0 Å². The van der Waals surface area contributed by atoms with E-state index in [0.29, 0.717) is 11.5 Å². The number of nitrogens with zero attached hydrogens (tertiary/aromatic N) is 2. The lowest BCUT2D eigenvalue weighted by Gasteiger charge is -2.38. The number of aromatic nitrogens is 1. The van der Waals surface area contributed by atoms with Crippen LogP contribution in [0, 0.1) is 12.8 Å². The highest BCUT2D eigenvalue weighted by Gasteiger charge is 2.42. The van der Waals surface area contributed by atoms with E-state index in [-0.39, 0.29) is 11.5 Å². The van der Waals surface area contributed by atoms with Crippen LogP contribution >= 0.6 is 0 Å². The number of piperidine rings is 1. The first-order valence-electron chi connectivity index (χ1n) is 7.44. The summed E-state index contributed by atoms with van der Waals surface area (Å²) in [5, 5.41) is 0. The monoisotopic (exact) mass is 274 g/mol. The molecule has 1 aromatic heterocycles. The molecule has 2 aliphatic rings. The van der Waals surface area contributed by atoms with E-state index in [1.807, 2.05) is 24.0 Å². The number of amides is 1. The Morgan fingerprint density at radius 3 is 2.70 bits per heavy atom. The van der Waals surface area contributed by atoms with Gasteiger partial charge in [0, 0.05) is 31.6 Å². The van der Waals surface area contributed by atoms with Gasteiger partial charge in [-0.2, -0.15) is 0 Å². The van der Waals surface area contributed by atoms with Gasteiger partial charge in [0.2, 0.25) is 0 Å². The van der Waals surface area contributed by atoms with Crippen molar-refractivity contribution in [2.75, 3.05) is 19.7 Å². The van der Waals surface area contributed by atoms with Gasteiger partial charge in [-0.3, -0.25) is 9.78 Å². The summed E-state index contributed by atoms with van der Waals surface area (Å²) in [5.74, 6) is 0.747. The standard InChI is InChI=1S/C16H22N2O2/c1-12-9-16(20-11-12)5-7-18(8-6-16)15(19)14-4-3-13(2)17-10-14/h3-4,10,12H,5-9,11H2,1-2H3. The molecule has 1 atom stereocenters. The first-order valence-corrected chi connectivity index (χ1v) is 7.44. The summed E-state index contributed by atoms with van der Waals surface area (Å²) in [7, 11) is 0. The Hall–Kier alpha value is -1.42. The molecule has 1 amide bonds. The zero-order chi connectivity index (χ0) is 14.2. The second-order valence-electron chi connectivity index (χ2n) is 6.28. The van der Waals surface area contributed by atoms with Gasteiger partial charge >= 0.3 is 0 Å². The van der Waals surface area contributed by atoms with Crippen LogP contribution in [0.3, 0.4) is 0 Å². The molecule has 1 spiro atoms. The molecule has 0 aliphatic carbocycles. The largest absolute Gasteiger partial charge is 0.375 e. The molecule has 0 radical (unpaired) electrons. The number of likely N-dealkylation sites (tertiary alicyclic amines) is 1. The molecule has 2 saturated heterocycles. The average molecular weight is 274 g/mol. The van der Waals surface area contributed by atoms with Gasteiger partial charge in [0.05, 0.1) is 11.2 Å². The molecule has 4 heteroatoms. The van der Waals surface area contributed by atoms with E-state index < -0.39 is 0 Å². The topological polar surface area (TPSA) is 42.4 Å². The molecule has 0 bridgehead atoms. The van der Waals surface area contributed by atoms with E-state index >= 15 is 0 Å². The van der Waals surface area contributed by atoms with Crippen LogP contribution < -0.4 is 0 Å². The fourth-order valence-electron chi connectivity index (χ4n) is 3.31. The maximum atomic E-state index is 12.4. The number of carbonyl (C=O) groups is 1. The molecule has 1 aromatic rings. The minimum absolute atomic E-state index is 0.0434. The van der Waals surface area contributed by atoms with E-state index in [4.69, 9.17) is 4.74 Å². The van der Waals surface area contributed by atoms with Gasteiger partial charge in [0.1, 0.15) is 0 Å². The molecule has 0 aromatic carbocycles. The Labute approximate surface area is 120 Å². The fourth-order valence-corrected chi connectivity index (χ4v) is 3.31. The minimum Gasteiger partial charge on any atom is -0.375 e. The predicted molar refractivity (Wildman–Crippen MR) is 76.6 cm³/mol. The SMILES string of the molecule is Cc1ccc(C(=O)N2CCC3(CC2)CC(C)CO3)cn1. The van der Waals surface area contributed by atoms with Gasteiger partial charge < -0.3 is 9.64 Å². The Kier molecular flexibility index (Phi) is 3.50. The van der Waals surface area contributed by atoms with Crippen molar-refractivity contribution in [3.05, 3.63) is 29.6 Å². The third kappa shape index (κ3) is 2.57. The van der Waals surface area contributed by atoms with E-state index in [2.05, 4.69) is 11.9 Å². The summed E-state index contributed by atoms with van der Waals surface area (Å²) in [6.45, 7) is 6.62. The Balaban J connectivity index is 1.63. The lowest BCUT2D eigenvalue weighted by atomic mass is 9.86. The molecule has 108 valence electrons. The van der Waals surface area contributed by atoms with E-state index in [1.165, 1.54) is 0 Å². The van der Waals surface area contributed by atoms with Gasteiger partial charge in [-0.1, -0.05) is 6.92 Å². The fraction of sp³-hybridized carbons (Fsp3) is 0.625. The summed E-state index contributed by atoms with van der Waals surface area (Å²) in [6, 6.07) is 3.75. The van der Waals surface area contributed by atoms with Crippen LogP contribution in [0.25, 0.3) is 0 Å². The van der Waals surface area contributed by atoms with Crippen molar-refractivity contribution in [2.24, 2.45) is 5.92 Å². The van der Waals surface area contributed by atoms with Crippen LogP contribution in [0.15, 0.2) is 18.3 Å². The van der Waals surface area contributed by atoms with Gasteiger partial charge in [-0.25, -0.2) is 0 Å². The van der Waals surface area contributed by atoms with E-state index in [1.54, 1.807) is 6.20 Å². The lowest BCUT2D eigenvalue weighted by Crippen LogP contribution is -2.46. The van der Waals surface area contributed by atoms with Crippen molar-refractivity contribution in [1.82, 2.24) is 9.88 Å². The molecular weight excluding hydrogens is 252 g/mol. The van der Waals surface area contributed by atoms with E-state index in [0.717, 1.165) is 44.7 Å². The lowest BCUT2D eigenvalue weighted by molar-refractivity contribution is -0.0390. The number of hydrogen-bond acceptors (Lipinski definition) is 3. The molecule has 2 aliphatic heterocycles. The second kappa shape index (κ2) is 5.17. The predicted octanol–water partition coefficient (Wildman–Crippen LogP) is 2.42. The summed E-state index contributed by atoms with van der Waals surface area (Å²) in [4.78, 5) is 18.6. The second-order valence-corrected chi connectivity index (χ2v) is 6.28. The van der Waals surface area contributed by atoms with Crippen molar-refractivity contribution in [3.63, 3.8) is 0 Å². The van der Waals surface area contributed by atoms with Crippen LogP contribution in [0.5, 0.6) is 0 Å². The molecule has 4 nitrogen and oxygen atoms in total. The van der Waals surface area contributed by atoms with Crippen LogP contribution in [0.2, 0.25) is 0 Å². The molecule has 3 rings (SSSR count). The number of hydrogen-bond donors (Lipinski definition) is 0. The van der Waals surface area contributed by atoms with Gasteiger partial charge in [0.25, 0.3) is 5.91 Å². The molecule has 1 unspecified atom stereocenters. The minimum atomic E-state index is 0.0434. The van der Waals surface area contributed by atoms with Crippen molar-refractivity contribution in [1.29, 1.82) is 0 Å². The highest BCUT2D eigenvalue weighted by Crippen LogP contribution is 2.38. The summed E-state index contributed by atoms with van der Waals surface area (Å²) >= 11 is 0. The molecule has 20 heavy (non-hydrogen) atoms. The number of carbonyl (C=O) groups excluding carboxylic acids is 1. The molecule has 0 saturated carbocycles. The van der Waals surface area contributed by atoms with Crippen LogP contribution in [-0.4, -0.2) is 41.1 Å². The van der Waals surface area contributed by atoms with Gasteiger partial charge in [-0.05, 0) is 44.2 Å². The number of rotatable bonds is 1. The van der Waals surface area contributed by atoms with Crippen molar-refractivity contribution in [3.8, 4) is 0 Å². The highest BCUT2D eigenvalue weighted by atomic mass is 16.5. The van der Waals surface area contributed by atoms with Gasteiger partial charge in [-0.15, -0.1) is 0 Å². The van der Waals surface area contributed by atoms with Gasteiger partial charge in [0.15, 0.2) is 0 Å². The Morgan fingerprint density at radius 1 is 1.40 bits per heavy atom. The van der Waals surface area contributed by atoms with Crippen molar-refractivity contribution < 1.29 is 9.53 Å². The Bertz CT molecular complexity index is 490. The molecule has 3 heterocycles. The zero-order valence-electron chi connectivity index (χ0n) is 12.3. The summed E-state index contributed by atoms with van der Waals surface area (Å²) in [5.41, 5.74) is 1.67. The first-order chi connectivity index (χ1) is 9.58. The average Bonchev–Trinajstić information content (AvgIpc) is 2.81. The van der Waals surface area contributed by atoms with Crippen molar-refractivity contribution in [2.45, 2.75) is 38.7 Å². The maximum absolute atomic E-state index is 12.4. The molecular formula is C16H22N2O2. The molecule has 0 N–H and O–H groups in total. The van der Waals surface area contributed by atoms with Crippen LogP contribution in [0.1, 0.15) is 42.2 Å². The highest BCUT2D eigenvalue weighted by molar-refractivity contribution is 5.94. The molecule has 2 fully saturated rings. The zero-order valence-corrected chi connectivity index (χ0v) is 12.3. The normalized spacial score (nSPS) is 25.1. The quantitative estimate of drug-likeness (QED) is 0.790. The first kappa shape index (κ1) is 13.6. The van der Waals surface area contributed by atoms with Crippen LogP contribution in [-0.2, 0) is 4.74 Å². The third-order valence-corrected chi connectivity index (χ3v) is 4.51. The number of pyridine rings is 1. The van der Waals surface area contributed by atoms with E-state index in [9.17, 15) is 4.79 Å². The summed E-state index contributed by atoms with van der Waals surface area (Å²) < 4.78 is 5.99. The Morgan fingerprint density at radius 2 is 2.15 bits per heavy atom. The summed E-state index contributed by atoms with van der Waals surface area (Å²) in [6.07, 6.45) is 4.74. The van der Waals surface area contributed by atoms with Crippen molar-refractivity contribution >= 4 is 5.91 Å².